The second kappa shape index (κ2) is 12.2. The van der Waals surface area contributed by atoms with Crippen molar-refractivity contribution in [2.45, 2.75) is 5.41 Å². The second-order valence-corrected chi connectivity index (χ2v) is 10.7. The number of benzene rings is 5. The van der Waals surface area contributed by atoms with Crippen LogP contribution in [0.2, 0.25) is 0 Å². The molecular formula is C41H31N3. The summed E-state index contributed by atoms with van der Waals surface area (Å²) in [4.78, 5) is 12.0. The quantitative estimate of drug-likeness (QED) is 0.172. The van der Waals surface area contributed by atoms with Crippen molar-refractivity contribution in [3.8, 4) is 11.3 Å². The summed E-state index contributed by atoms with van der Waals surface area (Å²) in [6, 6.07) is 63.6. The van der Waals surface area contributed by atoms with Crippen LogP contribution in [0.15, 0.2) is 188 Å². The molecule has 3 heteroatoms. The normalized spacial score (nSPS) is 11.2. The molecule has 0 radical (unpaired) electrons. The Bertz CT molecular complexity index is 1810. The third-order valence-electron chi connectivity index (χ3n) is 8.07. The zero-order valence-electron chi connectivity index (χ0n) is 24.2. The molecule has 0 aliphatic heterocycles. The Hall–Kier alpha value is -5.80. The van der Waals surface area contributed by atoms with E-state index in [-0.39, 0.29) is 0 Å². The van der Waals surface area contributed by atoms with Gasteiger partial charge in [-0.2, -0.15) is 0 Å². The minimum atomic E-state index is -0.526. The third-order valence-corrected chi connectivity index (χ3v) is 8.07. The Morgan fingerprint density at radius 2 is 0.909 bits per heavy atom. The molecule has 0 bridgehead atoms. The van der Waals surface area contributed by atoms with Crippen molar-refractivity contribution >= 4 is 17.3 Å². The van der Waals surface area contributed by atoms with E-state index < -0.39 is 5.41 Å². The molecule has 44 heavy (non-hydrogen) atoms. The van der Waals surface area contributed by atoms with Crippen molar-refractivity contribution in [1.29, 1.82) is 0 Å². The highest BCUT2D eigenvalue weighted by molar-refractivity contribution is 5.74. The van der Waals surface area contributed by atoms with Gasteiger partial charge in [-0.1, -0.05) is 140 Å². The first-order valence-electron chi connectivity index (χ1n) is 14.8. The minimum Gasteiger partial charge on any atom is -0.279 e. The van der Waals surface area contributed by atoms with Gasteiger partial charge in [-0.15, -0.1) is 0 Å². The van der Waals surface area contributed by atoms with E-state index in [4.69, 9.17) is 4.98 Å². The van der Waals surface area contributed by atoms with E-state index in [1.807, 2.05) is 48.7 Å². The fraction of sp³-hybridized carbons (Fsp3) is 0.0244. The van der Waals surface area contributed by atoms with Gasteiger partial charge in [-0.05, 0) is 64.7 Å². The molecule has 0 unspecified atom stereocenters. The van der Waals surface area contributed by atoms with Crippen molar-refractivity contribution in [1.82, 2.24) is 9.97 Å². The maximum atomic E-state index is 5.22. The highest BCUT2D eigenvalue weighted by atomic mass is 15.2. The maximum absolute atomic E-state index is 5.22. The first-order valence-corrected chi connectivity index (χ1v) is 14.8. The van der Waals surface area contributed by atoms with Crippen LogP contribution in [0.4, 0.5) is 17.3 Å². The lowest BCUT2D eigenvalue weighted by molar-refractivity contribution is 0.745. The van der Waals surface area contributed by atoms with Gasteiger partial charge in [0.15, 0.2) is 0 Å². The fourth-order valence-electron chi connectivity index (χ4n) is 6.13. The minimum absolute atomic E-state index is 0.526. The molecule has 7 aromatic rings. The van der Waals surface area contributed by atoms with Crippen molar-refractivity contribution in [2.75, 3.05) is 4.90 Å². The molecule has 5 aromatic carbocycles. The van der Waals surface area contributed by atoms with Gasteiger partial charge in [-0.25, -0.2) is 9.97 Å². The third kappa shape index (κ3) is 5.05. The van der Waals surface area contributed by atoms with Crippen LogP contribution in [0.3, 0.4) is 0 Å². The predicted octanol–water partition coefficient (Wildman–Crippen LogP) is 10.00. The Balaban J connectivity index is 1.41. The number of para-hydroxylation sites is 1. The van der Waals surface area contributed by atoms with Crippen LogP contribution < -0.4 is 4.90 Å². The number of aromatic nitrogens is 2. The summed E-state index contributed by atoms with van der Waals surface area (Å²) in [5.41, 5.74) is 7.22. The van der Waals surface area contributed by atoms with Crippen molar-refractivity contribution in [3.63, 3.8) is 0 Å². The van der Waals surface area contributed by atoms with E-state index in [9.17, 15) is 0 Å². The highest BCUT2D eigenvalue weighted by Gasteiger charge is 2.38. The molecule has 0 aliphatic carbocycles. The molecule has 2 aromatic heterocycles. The predicted molar refractivity (Wildman–Crippen MR) is 180 cm³/mol. The largest absolute Gasteiger partial charge is 0.279 e. The topological polar surface area (TPSA) is 29.0 Å². The molecule has 0 atom stereocenters. The Kier molecular flexibility index (Phi) is 7.51. The average molecular weight is 566 g/mol. The van der Waals surface area contributed by atoms with Crippen LogP contribution in [0.25, 0.3) is 11.3 Å². The van der Waals surface area contributed by atoms with Gasteiger partial charge in [0.05, 0.1) is 11.1 Å². The lowest BCUT2D eigenvalue weighted by atomic mass is 9.65. The molecule has 2 heterocycles. The van der Waals surface area contributed by atoms with Gasteiger partial charge in [-0.3, -0.25) is 4.90 Å². The van der Waals surface area contributed by atoms with Gasteiger partial charge in [0, 0.05) is 17.4 Å². The zero-order chi connectivity index (χ0) is 29.6. The Labute approximate surface area is 258 Å². The number of rotatable bonds is 8. The highest BCUT2D eigenvalue weighted by Crippen LogP contribution is 2.46. The summed E-state index contributed by atoms with van der Waals surface area (Å²) in [5.74, 6) is 1.62. The number of nitrogens with zero attached hydrogens (tertiary/aromatic N) is 3. The average Bonchev–Trinajstić information content (AvgIpc) is 3.11. The number of hydrogen-bond acceptors (Lipinski definition) is 3. The Morgan fingerprint density at radius 1 is 0.409 bits per heavy atom. The summed E-state index contributed by atoms with van der Waals surface area (Å²) in [5, 5.41) is 0. The van der Waals surface area contributed by atoms with E-state index in [1.165, 1.54) is 22.3 Å². The van der Waals surface area contributed by atoms with Gasteiger partial charge in [0.2, 0.25) is 0 Å². The van der Waals surface area contributed by atoms with Gasteiger partial charge < -0.3 is 0 Å². The standard InChI is InChI=1S/C41H31N3/c1-5-18-33(19-6-1)41(34-20-7-2-8-21-34,35-22-9-3-10-23-35)36-24-15-17-32(31-36)38-27-16-29-40(43-38)44(37-25-11-4-12-26-37)39-28-13-14-30-42-39/h1-31H. The smallest absolute Gasteiger partial charge is 0.139 e. The lowest BCUT2D eigenvalue weighted by Crippen LogP contribution is -2.31. The van der Waals surface area contributed by atoms with E-state index in [1.54, 1.807) is 0 Å². The van der Waals surface area contributed by atoms with Gasteiger partial charge >= 0.3 is 0 Å². The first-order chi connectivity index (χ1) is 21.8. The molecule has 0 saturated carbocycles. The summed E-state index contributed by atoms with van der Waals surface area (Å²) in [7, 11) is 0. The molecule has 0 aliphatic rings. The molecule has 7 rings (SSSR count). The van der Waals surface area contributed by atoms with Crippen LogP contribution in [-0.2, 0) is 5.41 Å². The summed E-state index contributed by atoms with van der Waals surface area (Å²) in [6.45, 7) is 0. The molecular weight excluding hydrogens is 534 g/mol. The molecule has 3 nitrogen and oxygen atoms in total. The van der Waals surface area contributed by atoms with E-state index >= 15 is 0 Å². The lowest BCUT2D eigenvalue weighted by Gasteiger charge is -2.37. The molecule has 0 spiro atoms. The second-order valence-electron chi connectivity index (χ2n) is 10.7. The summed E-state index contributed by atoms with van der Waals surface area (Å²) < 4.78 is 0. The molecule has 210 valence electrons. The molecule has 0 amide bonds. The van der Waals surface area contributed by atoms with Crippen LogP contribution in [0.5, 0.6) is 0 Å². The van der Waals surface area contributed by atoms with E-state index in [0.29, 0.717) is 0 Å². The van der Waals surface area contributed by atoms with E-state index in [0.717, 1.165) is 28.6 Å². The van der Waals surface area contributed by atoms with Crippen molar-refractivity contribution < 1.29 is 0 Å². The zero-order valence-corrected chi connectivity index (χ0v) is 24.2. The van der Waals surface area contributed by atoms with Crippen LogP contribution >= 0.6 is 0 Å². The number of hydrogen-bond donors (Lipinski definition) is 0. The van der Waals surface area contributed by atoms with Crippen LogP contribution in [-0.4, -0.2) is 9.97 Å². The van der Waals surface area contributed by atoms with Crippen LogP contribution in [0, 0.1) is 0 Å². The van der Waals surface area contributed by atoms with Crippen LogP contribution in [0.1, 0.15) is 22.3 Å². The summed E-state index contributed by atoms with van der Waals surface area (Å²) >= 11 is 0. The SMILES string of the molecule is c1ccc(N(c2ccccn2)c2cccc(-c3cccc(C(c4ccccc4)(c4ccccc4)c4ccccc4)c3)n2)cc1. The monoisotopic (exact) mass is 565 g/mol. The first kappa shape index (κ1) is 27.1. The van der Waals surface area contributed by atoms with E-state index in [2.05, 4.69) is 149 Å². The van der Waals surface area contributed by atoms with Gasteiger partial charge in [0.25, 0.3) is 0 Å². The molecule has 0 saturated heterocycles. The maximum Gasteiger partial charge on any atom is 0.139 e. The van der Waals surface area contributed by atoms with Gasteiger partial charge in [0.1, 0.15) is 11.6 Å². The molecule has 0 N–H and O–H groups in total. The van der Waals surface area contributed by atoms with Crippen molar-refractivity contribution in [3.05, 3.63) is 210 Å². The van der Waals surface area contributed by atoms with Crippen molar-refractivity contribution in [2.24, 2.45) is 0 Å². The summed E-state index contributed by atoms with van der Waals surface area (Å²) in [6.07, 6.45) is 1.81. The Morgan fingerprint density at radius 3 is 1.48 bits per heavy atom. The number of anilines is 3. The number of pyridine rings is 2. The fourth-order valence-corrected chi connectivity index (χ4v) is 6.13. The molecule has 0 fully saturated rings.